The van der Waals surface area contributed by atoms with Crippen LogP contribution in [0.2, 0.25) is 10.0 Å². The molecule has 0 N–H and O–H groups in total. The van der Waals surface area contributed by atoms with Gasteiger partial charge in [0, 0.05) is 47.5 Å². The normalized spacial score (nSPS) is 13.3. The first kappa shape index (κ1) is 28.2. The second-order valence-electron chi connectivity index (χ2n) is 10.9. The first-order valence-corrected chi connectivity index (χ1v) is 14.5. The van der Waals surface area contributed by atoms with Gasteiger partial charge in [0.05, 0.1) is 6.33 Å². The average molecular weight is 569 g/mol. The molecule has 0 amide bonds. The first-order valence-electron chi connectivity index (χ1n) is 13.7. The first-order chi connectivity index (χ1) is 19.4. The lowest BCUT2D eigenvalue weighted by atomic mass is 9.77. The molecular formula is C35H35Cl2N3. The van der Waals surface area contributed by atoms with Crippen LogP contribution in [0.15, 0.2) is 110 Å². The van der Waals surface area contributed by atoms with Gasteiger partial charge in [0.15, 0.2) is 0 Å². The van der Waals surface area contributed by atoms with E-state index < -0.39 is 0 Å². The summed E-state index contributed by atoms with van der Waals surface area (Å²) in [7, 11) is 2.17. The van der Waals surface area contributed by atoms with Crippen molar-refractivity contribution in [3.63, 3.8) is 0 Å². The Kier molecular flexibility index (Phi) is 9.06. The SMILES string of the molecule is CN(C/C=C/c1ccc(CCC(C)(Cn2ccnc2)c2ccc(Cl)cc2Cl)cc1)Cc1cccc2ccccc12. The van der Waals surface area contributed by atoms with Gasteiger partial charge in [-0.2, -0.15) is 0 Å². The number of nitrogens with zero attached hydrogens (tertiary/aromatic N) is 3. The van der Waals surface area contributed by atoms with E-state index in [1.165, 1.54) is 27.5 Å². The number of aromatic nitrogens is 2. The van der Waals surface area contributed by atoms with Crippen molar-refractivity contribution in [1.82, 2.24) is 14.5 Å². The second-order valence-corrected chi connectivity index (χ2v) is 11.7. The number of rotatable bonds is 11. The number of hydrogen-bond donors (Lipinski definition) is 0. The van der Waals surface area contributed by atoms with Crippen molar-refractivity contribution in [2.45, 2.75) is 38.3 Å². The third-order valence-corrected chi connectivity index (χ3v) is 8.21. The molecule has 3 nitrogen and oxygen atoms in total. The molecule has 40 heavy (non-hydrogen) atoms. The fourth-order valence-electron chi connectivity index (χ4n) is 5.43. The Balaban J connectivity index is 1.20. The highest BCUT2D eigenvalue weighted by atomic mass is 35.5. The summed E-state index contributed by atoms with van der Waals surface area (Å²) < 4.78 is 2.12. The highest BCUT2D eigenvalue weighted by molar-refractivity contribution is 6.35. The van der Waals surface area contributed by atoms with Crippen LogP contribution in [0.25, 0.3) is 16.8 Å². The van der Waals surface area contributed by atoms with Gasteiger partial charge in [0.2, 0.25) is 0 Å². The fourth-order valence-corrected chi connectivity index (χ4v) is 6.07. The maximum Gasteiger partial charge on any atom is 0.0946 e. The average Bonchev–Trinajstić information content (AvgIpc) is 3.45. The lowest BCUT2D eigenvalue weighted by Crippen LogP contribution is -2.29. The fraction of sp³-hybridized carbons (Fsp3) is 0.229. The number of imidazole rings is 1. The van der Waals surface area contributed by atoms with Crippen molar-refractivity contribution < 1.29 is 0 Å². The molecular weight excluding hydrogens is 533 g/mol. The van der Waals surface area contributed by atoms with E-state index in [1.807, 2.05) is 30.9 Å². The minimum atomic E-state index is -0.171. The summed E-state index contributed by atoms with van der Waals surface area (Å²) in [6.07, 6.45) is 12.0. The Morgan fingerprint density at radius 3 is 2.52 bits per heavy atom. The number of hydrogen-bond acceptors (Lipinski definition) is 2. The van der Waals surface area contributed by atoms with E-state index in [0.717, 1.165) is 38.0 Å². The molecule has 1 aromatic heterocycles. The van der Waals surface area contributed by atoms with Crippen LogP contribution in [0.3, 0.4) is 0 Å². The van der Waals surface area contributed by atoms with E-state index in [2.05, 4.69) is 113 Å². The molecule has 0 radical (unpaired) electrons. The smallest absolute Gasteiger partial charge is 0.0946 e. The second kappa shape index (κ2) is 12.9. The highest BCUT2D eigenvalue weighted by Crippen LogP contribution is 2.37. The summed E-state index contributed by atoms with van der Waals surface area (Å²) in [6.45, 7) is 4.87. The Morgan fingerprint density at radius 1 is 0.950 bits per heavy atom. The summed E-state index contributed by atoms with van der Waals surface area (Å²) >= 11 is 12.9. The van der Waals surface area contributed by atoms with Crippen molar-refractivity contribution in [3.8, 4) is 0 Å². The predicted molar refractivity (Wildman–Crippen MR) is 170 cm³/mol. The zero-order valence-electron chi connectivity index (χ0n) is 23.1. The molecule has 1 unspecified atom stereocenters. The summed E-state index contributed by atoms with van der Waals surface area (Å²) in [5.74, 6) is 0. The number of benzene rings is 4. The Hall–Kier alpha value is -3.37. The third kappa shape index (κ3) is 7.03. The Bertz CT molecular complexity index is 1570. The maximum absolute atomic E-state index is 6.68. The minimum absolute atomic E-state index is 0.171. The molecule has 5 rings (SSSR count). The molecule has 0 aliphatic heterocycles. The molecule has 5 aromatic rings. The summed E-state index contributed by atoms with van der Waals surface area (Å²) in [5, 5.41) is 3.99. The van der Waals surface area contributed by atoms with Gasteiger partial charge in [0.25, 0.3) is 0 Å². The number of fused-ring (bicyclic) bond motifs is 1. The van der Waals surface area contributed by atoms with E-state index >= 15 is 0 Å². The van der Waals surface area contributed by atoms with Crippen LogP contribution in [0.1, 0.15) is 35.6 Å². The molecule has 204 valence electrons. The van der Waals surface area contributed by atoms with Gasteiger partial charge < -0.3 is 4.57 Å². The molecule has 0 bridgehead atoms. The largest absolute Gasteiger partial charge is 0.337 e. The van der Waals surface area contributed by atoms with Crippen LogP contribution in [0, 0.1) is 0 Å². The molecule has 0 aliphatic carbocycles. The zero-order chi connectivity index (χ0) is 28.0. The molecule has 0 saturated heterocycles. The molecule has 0 saturated carbocycles. The van der Waals surface area contributed by atoms with Gasteiger partial charge in [-0.25, -0.2) is 4.98 Å². The van der Waals surface area contributed by atoms with Gasteiger partial charge in [0.1, 0.15) is 0 Å². The van der Waals surface area contributed by atoms with Crippen LogP contribution in [-0.4, -0.2) is 28.0 Å². The van der Waals surface area contributed by atoms with Gasteiger partial charge >= 0.3 is 0 Å². The van der Waals surface area contributed by atoms with Gasteiger partial charge in [-0.05, 0) is 65.0 Å². The summed E-state index contributed by atoms with van der Waals surface area (Å²) in [4.78, 5) is 6.57. The van der Waals surface area contributed by atoms with Crippen LogP contribution in [0.5, 0.6) is 0 Å². The Morgan fingerprint density at radius 2 is 1.75 bits per heavy atom. The third-order valence-electron chi connectivity index (χ3n) is 7.66. The van der Waals surface area contributed by atoms with Crippen molar-refractivity contribution in [2.75, 3.05) is 13.6 Å². The number of aryl methyl sites for hydroxylation is 1. The van der Waals surface area contributed by atoms with Crippen molar-refractivity contribution in [3.05, 3.63) is 142 Å². The quantitative estimate of drug-likeness (QED) is 0.159. The van der Waals surface area contributed by atoms with E-state index in [9.17, 15) is 0 Å². The molecule has 0 aliphatic rings. The van der Waals surface area contributed by atoms with Gasteiger partial charge in [-0.3, -0.25) is 4.90 Å². The predicted octanol–water partition coefficient (Wildman–Crippen LogP) is 9.08. The number of likely N-dealkylation sites (N-methyl/N-ethyl adjacent to an activating group) is 1. The van der Waals surface area contributed by atoms with Crippen LogP contribution >= 0.6 is 23.2 Å². The van der Waals surface area contributed by atoms with Crippen molar-refractivity contribution >= 4 is 40.1 Å². The van der Waals surface area contributed by atoms with Gasteiger partial charge in [-0.1, -0.05) is 115 Å². The zero-order valence-corrected chi connectivity index (χ0v) is 24.6. The summed E-state index contributed by atoms with van der Waals surface area (Å²) in [5.41, 5.74) is 4.82. The topological polar surface area (TPSA) is 21.1 Å². The van der Waals surface area contributed by atoms with Gasteiger partial charge in [-0.15, -0.1) is 0 Å². The van der Waals surface area contributed by atoms with Crippen LogP contribution in [0.4, 0.5) is 0 Å². The maximum atomic E-state index is 6.68. The van der Waals surface area contributed by atoms with Crippen molar-refractivity contribution in [2.24, 2.45) is 0 Å². The van der Waals surface area contributed by atoms with E-state index in [0.29, 0.717) is 10.0 Å². The lowest BCUT2D eigenvalue weighted by Gasteiger charge is -2.32. The lowest BCUT2D eigenvalue weighted by molar-refractivity contribution is 0.365. The Labute approximate surface area is 247 Å². The molecule has 0 spiro atoms. The molecule has 1 atom stereocenters. The van der Waals surface area contributed by atoms with E-state index in [4.69, 9.17) is 23.2 Å². The van der Waals surface area contributed by atoms with E-state index in [1.54, 1.807) is 0 Å². The van der Waals surface area contributed by atoms with E-state index in [-0.39, 0.29) is 5.41 Å². The van der Waals surface area contributed by atoms with Crippen LogP contribution < -0.4 is 0 Å². The van der Waals surface area contributed by atoms with Crippen molar-refractivity contribution in [1.29, 1.82) is 0 Å². The number of halogens is 2. The highest BCUT2D eigenvalue weighted by Gasteiger charge is 2.29. The standard InChI is InChI=1S/C35H35Cl2N3/c1-35(25-40-22-20-38-26-40,33-17-16-31(36)23-34(33)37)19-18-28-14-12-27(13-15-28)7-6-21-39(2)24-30-10-5-9-29-8-3-4-11-32(29)30/h3-17,20,22-23,26H,18-19,21,24-25H2,1-2H3/b7-6+. The summed E-state index contributed by atoms with van der Waals surface area (Å²) in [6, 6.07) is 29.9. The monoisotopic (exact) mass is 567 g/mol. The van der Waals surface area contributed by atoms with Crippen LogP contribution in [-0.2, 0) is 24.9 Å². The molecule has 1 heterocycles. The minimum Gasteiger partial charge on any atom is -0.337 e. The molecule has 5 heteroatoms. The molecule has 4 aromatic carbocycles. The molecule has 0 fully saturated rings.